The Bertz CT molecular complexity index is 1250. The molecule has 1 amide bonds. The highest BCUT2D eigenvalue weighted by Gasteiger charge is 2.18. The number of aromatic nitrogens is 3. The number of hydrogen-bond donors (Lipinski definition) is 1. The molecule has 0 aliphatic carbocycles. The Morgan fingerprint density at radius 2 is 1.86 bits per heavy atom. The fourth-order valence-corrected chi connectivity index (χ4v) is 3.58. The van der Waals surface area contributed by atoms with E-state index in [9.17, 15) is 18.0 Å². The number of nitrogens with zero attached hydrogens (tertiary/aromatic N) is 4. The molecule has 28 heavy (non-hydrogen) atoms. The first-order valence-corrected chi connectivity index (χ1v) is 9.47. The first-order valence-electron chi connectivity index (χ1n) is 7.99. The van der Waals surface area contributed by atoms with Crippen LogP contribution in [0.15, 0.2) is 58.5 Å². The maximum Gasteiger partial charge on any atom is 0.280 e. The van der Waals surface area contributed by atoms with E-state index in [1.165, 1.54) is 21.5 Å². The van der Waals surface area contributed by atoms with Crippen molar-refractivity contribution in [3.63, 3.8) is 0 Å². The van der Waals surface area contributed by atoms with Gasteiger partial charge in [-0.3, -0.25) is 14.3 Å². The Balaban J connectivity index is 2.01. The highest BCUT2D eigenvalue weighted by molar-refractivity contribution is 7.90. The standard InChI is InChI=1S/C18H15N5O4S/c1-12(24)21-28(26,27)15-8-9-17(20-10-15)23-18(25)16(11-22(23)3)13-4-6-14(19-2)7-5-13/h4-11H,1,3H3,(H,21,24). The number of sulfonamides is 1. The molecule has 0 bridgehead atoms. The minimum absolute atomic E-state index is 0.191. The van der Waals surface area contributed by atoms with Crippen LogP contribution < -0.4 is 10.3 Å². The highest BCUT2D eigenvalue weighted by Crippen LogP contribution is 2.21. The van der Waals surface area contributed by atoms with Crippen molar-refractivity contribution in [3.8, 4) is 16.9 Å². The average molecular weight is 397 g/mol. The number of pyridine rings is 1. The molecule has 9 nitrogen and oxygen atoms in total. The highest BCUT2D eigenvalue weighted by atomic mass is 32.2. The molecule has 1 aromatic carbocycles. The fourth-order valence-electron chi connectivity index (χ4n) is 2.64. The van der Waals surface area contributed by atoms with E-state index in [2.05, 4.69) is 9.83 Å². The zero-order valence-corrected chi connectivity index (χ0v) is 15.8. The molecule has 2 heterocycles. The quantitative estimate of drug-likeness (QED) is 0.673. The lowest BCUT2D eigenvalue weighted by Gasteiger charge is -2.07. The van der Waals surface area contributed by atoms with Crippen LogP contribution >= 0.6 is 0 Å². The lowest BCUT2D eigenvalue weighted by molar-refractivity contribution is -0.117. The second-order valence-electron chi connectivity index (χ2n) is 5.91. The molecule has 0 atom stereocenters. The van der Waals surface area contributed by atoms with Gasteiger partial charge in [0.1, 0.15) is 4.90 Å². The van der Waals surface area contributed by atoms with Gasteiger partial charge in [-0.25, -0.2) is 23.0 Å². The fraction of sp³-hybridized carbons (Fsp3) is 0.111. The molecule has 2 aromatic heterocycles. The number of nitrogens with one attached hydrogen (secondary N) is 1. The summed E-state index contributed by atoms with van der Waals surface area (Å²) in [6.07, 6.45) is 2.70. The van der Waals surface area contributed by atoms with Crippen LogP contribution in [0.25, 0.3) is 21.8 Å². The van der Waals surface area contributed by atoms with Crippen LogP contribution in [0.1, 0.15) is 6.92 Å². The van der Waals surface area contributed by atoms with Gasteiger partial charge in [0, 0.05) is 26.4 Å². The van der Waals surface area contributed by atoms with Gasteiger partial charge in [0.25, 0.3) is 15.6 Å². The minimum Gasteiger partial charge on any atom is -0.286 e. The molecule has 142 valence electrons. The van der Waals surface area contributed by atoms with Gasteiger partial charge in [0.15, 0.2) is 11.5 Å². The van der Waals surface area contributed by atoms with Crippen LogP contribution in [0, 0.1) is 6.57 Å². The van der Waals surface area contributed by atoms with Crippen LogP contribution in [0.5, 0.6) is 0 Å². The van der Waals surface area contributed by atoms with Crippen molar-refractivity contribution in [3.05, 3.63) is 70.6 Å². The summed E-state index contributed by atoms with van der Waals surface area (Å²) in [6, 6.07) is 9.26. The molecule has 0 radical (unpaired) electrons. The van der Waals surface area contributed by atoms with E-state index in [0.29, 0.717) is 16.8 Å². The van der Waals surface area contributed by atoms with E-state index in [-0.39, 0.29) is 16.3 Å². The number of rotatable bonds is 4. The third-order valence-corrected chi connectivity index (χ3v) is 5.31. The Labute approximate surface area is 160 Å². The SMILES string of the molecule is [C-]#[N+]c1ccc(-c2cn(C)n(-c3ccc(S(=O)(=O)NC(C)=O)cn3)c2=O)cc1. The zero-order chi connectivity index (χ0) is 20.5. The van der Waals surface area contributed by atoms with Crippen LogP contribution in [-0.2, 0) is 21.9 Å². The number of carbonyl (C=O) groups excluding carboxylic acids is 1. The summed E-state index contributed by atoms with van der Waals surface area (Å²) in [5, 5.41) is 0. The molecule has 1 N–H and O–H groups in total. The molecular weight excluding hydrogens is 382 g/mol. The van der Waals surface area contributed by atoms with Gasteiger partial charge in [-0.2, -0.15) is 4.68 Å². The molecule has 0 saturated carbocycles. The van der Waals surface area contributed by atoms with Gasteiger partial charge in [-0.1, -0.05) is 24.3 Å². The summed E-state index contributed by atoms with van der Waals surface area (Å²) in [5.41, 5.74) is 1.19. The second kappa shape index (κ2) is 7.13. The zero-order valence-electron chi connectivity index (χ0n) is 14.9. The molecule has 10 heteroatoms. The van der Waals surface area contributed by atoms with Gasteiger partial charge < -0.3 is 0 Å². The number of aryl methyl sites for hydroxylation is 1. The first kappa shape index (κ1) is 19.1. The van der Waals surface area contributed by atoms with E-state index < -0.39 is 15.9 Å². The van der Waals surface area contributed by atoms with E-state index in [0.717, 1.165) is 13.1 Å². The van der Waals surface area contributed by atoms with Crippen molar-refractivity contribution in [2.45, 2.75) is 11.8 Å². The van der Waals surface area contributed by atoms with Crippen LogP contribution in [-0.4, -0.2) is 28.7 Å². The number of hydrogen-bond acceptors (Lipinski definition) is 5. The third-order valence-electron chi connectivity index (χ3n) is 3.89. The van der Waals surface area contributed by atoms with Gasteiger partial charge in [-0.15, -0.1) is 0 Å². The summed E-state index contributed by atoms with van der Waals surface area (Å²) in [4.78, 5) is 31.0. The summed E-state index contributed by atoms with van der Waals surface area (Å²) in [5.74, 6) is -0.491. The van der Waals surface area contributed by atoms with E-state index in [1.807, 2.05) is 4.72 Å². The molecule has 0 unspecified atom stereocenters. The van der Waals surface area contributed by atoms with Gasteiger partial charge in [-0.05, 0) is 17.7 Å². The van der Waals surface area contributed by atoms with E-state index in [1.54, 1.807) is 37.5 Å². The van der Waals surface area contributed by atoms with Crippen LogP contribution in [0.2, 0.25) is 0 Å². The molecule has 0 spiro atoms. The van der Waals surface area contributed by atoms with Crippen molar-refractivity contribution in [2.24, 2.45) is 7.05 Å². The summed E-state index contributed by atoms with van der Waals surface area (Å²) < 4.78 is 28.7. The minimum atomic E-state index is -4.00. The summed E-state index contributed by atoms with van der Waals surface area (Å²) in [6.45, 7) is 8.08. The van der Waals surface area contributed by atoms with Gasteiger partial charge in [0.2, 0.25) is 5.91 Å². The Hall–Kier alpha value is -3.71. The maximum absolute atomic E-state index is 12.8. The van der Waals surface area contributed by atoms with Gasteiger partial charge >= 0.3 is 0 Å². The molecule has 3 aromatic rings. The van der Waals surface area contributed by atoms with Crippen molar-refractivity contribution in [1.82, 2.24) is 19.1 Å². The lowest BCUT2D eigenvalue weighted by atomic mass is 10.1. The van der Waals surface area contributed by atoms with Crippen LogP contribution in [0.3, 0.4) is 0 Å². The van der Waals surface area contributed by atoms with E-state index >= 15 is 0 Å². The molecular formula is C18H15N5O4S. The Kier molecular flexibility index (Phi) is 4.85. The van der Waals surface area contributed by atoms with Crippen molar-refractivity contribution < 1.29 is 13.2 Å². The average Bonchev–Trinajstić information content (AvgIpc) is 2.95. The second-order valence-corrected chi connectivity index (χ2v) is 7.59. The Morgan fingerprint density at radius 1 is 1.18 bits per heavy atom. The lowest BCUT2D eigenvalue weighted by Crippen LogP contribution is -2.28. The monoisotopic (exact) mass is 397 g/mol. The van der Waals surface area contributed by atoms with Crippen molar-refractivity contribution >= 4 is 21.6 Å². The topological polar surface area (TPSA) is 107 Å². The smallest absolute Gasteiger partial charge is 0.280 e. The van der Waals surface area contributed by atoms with Crippen molar-refractivity contribution in [1.29, 1.82) is 0 Å². The number of carbonyl (C=O) groups is 1. The normalized spacial score (nSPS) is 11.0. The molecule has 3 rings (SSSR count). The first-order chi connectivity index (χ1) is 13.2. The predicted octanol–water partition coefficient (Wildman–Crippen LogP) is 1.61. The Morgan fingerprint density at radius 3 is 2.39 bits per heavy atom. The summed E-state index contributed by atoms with van der Waals surface area (Å²) >= 11 is 0. The molecule has 0 aliphatic rings. The van der Waals surface area contributed by atoms with Gasteiger partial charge in [0.05, 0.1) is 12.1 Å². The molecule has 0 saturated heterocycles. The van der Waals surface area contributed by atoms with E-state index in [4.69, 9.17) is 6.57 Å². The van der Waals surface area contributed by atoms with Crippen LogP contribution in [0.4, 0.5) is 5.69 Å². The maximum atomic E-state index is 12.8. The number of benzene rings is 1. The summed E-state index contributed by atoms with van der Waals surface area (Å²) in [7, 11) is -2.35. The third kappa shape index (κ3) is 3.56. The van der Waals surface area contributed by atoms with Crippen molar-refractivity contribution in [2.75, 3.05) is 0 Å². The number of amides is 1. The predicted molar refractivity (Wildman–Crippen MR) is 102 cm³/mol. The largest absolute Gasteiger partial charge is 0.286 e. The molecule has 0 aliphatic heterocycles. The molecule has 0 fully saturated rings.